The molecule has 0 bridgehead atoms. The Labute approximate surface area is 157 Å². The van der Waals surface area contributed by atoms with Crippen LogP contribution < -0.4 is 22.3 Å². The quantitative estimate of drug-likeness (QED) is 0.400. The molecule has 0 unspecified atom stereocenters. The number of anilines is 1. The lowest BCUT2D eigenvalue weighted by Crippen LogP contribution is -3.00. The Morgan fingerprint density at radius 3 is 2.68 bits per heavy atom. The van der Waals surface area contributed by atoms with E-state index in [4.69, 9.17) is 0 Å². The minimum Gasteiger partial charge on any atom is -1.00 e. The van der Waals surface area contributed by atoms with Crippen molar-refractivity contribution in [3.05, 3.63) is 29.3 Å². The number of halogens is 1. The number of fused-ring (bicyclic) bond motifs is 3. The molecular formula is C19H23ClN2O2S. The highest BCUT2D eigenvalue weighted by atomic mass is 35.5. The minimum absolute atomic E-state index is 0. The Morgan fingerprint density at radius 1 is 1.32 bits per heavy atom. The summed E-state index contributed by atoms with van der Waals surface area (Å²) in [7, 11) is 2.03. The molecule has 1 aromatic heterocycles. The van der Waals surface area contributed by atoms with Crippen LogP contribution in [0.15, 0.2) is 18.2 Å². The van der Waals surface area contributed by atoms with Gasteiger partial charge >= 0.3 is 5.13 Å². The first-order valence-corrected chi connectivity index (χ1v) is 9.10. The van der Waals surface area contributed by atoms with Crippen molar-refractivity contribution < 1.29 is 26.9 Å². The van der Waals surface area contributed by atoms with E-state index in [1.807, 2.05) is 26.1 Å². The third kappa shape index (κ3) is 3.31. The molecule has 0 saturated heterocycles. The number of ketones is 1. The van der Waals surface area contributed by atoms with Gasteiger partial charge in [0.25, 0.3) is 0 Å². The van der Waals surface area contributed by atoms with Crippen molar-refractivity contribution in [2.24, 2.45) is 7.05 Å². The fraction of sp³-hybridized carbons (Fsp3) is 0.368. The van der Waals surface area contributed by atoms with Gasteiger partial charge in [0.15, 0.2) is 11.3 Å². The zero-order chi connectivity index (χ0) is 17.4. The molecular weight excluding hydrogens is 356 g/mol. The maximum atomic E-state index is 11.8. The van der Waals surface area contributed by atoms with E-state index in [0.717, 1.165) is 51.1 Å². The smallest absolute Gasteiger partial charge is 0.334 e. The summed E-state index contributed by atoms with van der Waals surface area (Å²) in [4.78, 5) is 11.8. The molecule has 1 heterocycles. The van der Waals surface area contributed by atoms with Crippen LogP contribution in [-0.4, -0.2) is 17.4 Å². The second-order valence-electron chi connectivity index (χ2n) is 6.21. The van der Waals surface area contributed by atoms with Crippen LogP contribution in [0, 0.1) is 6.92 Å². The Hall–Kier alpha value is -1.85. The van der Waals surface area contributed by atoms with Gasteiger partial charge in [0.1, 0.15) is 5.75 Å². The van der Waals surface area contributed by atoms with Gasteiger partial charge in [-0.15, -0.1) is 0 Å². The van der Waals surface area contributed by atoms with Gasteiger partial charge in [0.05, 0.1) is 18.3 Å². The predicted molar refractivity (Wildman–Crippen MR) is 100 cm³/mol. The second-order valence-corrected chi connectivity index (χ2v) is 7.21. The van der Waals surface area contributed by atoms with Crippen LogP contribution in [0.1, 0.15) is 42.6 Å². The zero-order valence-corrected chi connectivity index (χ0v) is 16.5. The van der Waals surface area contributed by atoms with Crippen molar-refractivity contribution >= 4 is 43.2 Å². The van der Waals surface area contributed by atoms with Gasteiger partial charge in [-0.3, -0.25) is 10.1 Å². The fourth-order valence-electron chi connectivity index (χ4n) is 3.03. The van der Waals surface area contributed by atoms with E-state index < -0.39 is 0 Å². The molecule has 0 saturated carbocycles. The van der Waals surface area contributed by atoms with E-state index in [-0.39, 0.29) is 18.2 Å². The lowest BCUT2D eigenvalue weighted by Gasteiger charge is -2.07. The fourth-order valence-corrected chi connectivity index (χ4v) is 4.22. The molecule has 3 aromatic rings. The number of carbonyl (C=O) groups is 1. The lowest BCUT2D eigenvalue weighted by atomic mass is 10.0. The van der Waals surface area contributed by atoms with Crippen LogP contribution in [0.5, 0.6) is 5.75 Å². The van der Waals surface area contributed by atoms with Gasteiger partial charge in [0.2, 0.25) is 0 Å². The maximum absolute atomic E-state index is 11.8. The topological polar surface area (TPSA) is 53.2 Å². The Balaban J connectivity index is 0.00000225. The normalized spacial score (nSPS) is 10.9. The van der Waals surface area contributed by atoms with E-state index in [2.05, 4.69) is 16.8 Å². The number of carbonyl (C=O) groups excluding carboxylic acids is 1. The van der Waals surface area contributed by atoms with Gasteiger partial charge in [-0.05, 0) is 43.7 Å². The van der Waals surface area contributed by atoms with E-state index in [1.165, 1.54) is 0 Å². The van der Waals surface area contributed by atoms with Gasteiger partial charge in [0, 0.05) is 21.9 Å². The molecule has 0 aliphatic rings. The highest BCUT2D eigenvalue weighted by Gasteiger charge is 2.22. The molecule has 6 heteroatoms. The number of unbranched alkanes of at least 4 members (excludes halogenated alkanes) is 1. The van der Waals surface area contributed by atoms with Crippen LogP contribution in [-0.2, 0) is 7.05 Å². The first-order valence-electron chi connectivity index (χ1n) is 8.28. The summed E-state index contributed by atoms with van der Waals surface area (Å²) in [5.74, 6) is 0.332. The van der Waals surface area contributed by atoms with E-state index in [9.17, 15) is 9.90 Å². The number of benzene rings is 2. The number of aryl methyl sites for hydroxylation is 2. The summed E-state index contributed by atoms with van der Waals surface area (Å²) >= 11 is 1.65. The molecule has 0 aliphatic heterocycles. The van der Waals surface area contributed by atoms with Crippen molar-refractivity contribution in [2.75, 3.05) is 11.9 Å². The van der Waals surface area contributed by atoms with Gasteiger partial charge in [-0.2, -0.15) is 0 Å². The first kappa shape index (κ1) is 19.5. The lowest BCUT2D eigenvalue weighted by molar-refractivity contribution is -0.625. The molecule has 2 aromatic carbocycles. The number of rotatable bonds is 5. The van der Waals surface area contributed by atoms with E-state index in [1.54, 1.807) is 24.3 Å². The number of nitrogens with one attached hydrogen (secondary N) is 1. The number of hydrogen-bond acceptors (Lipinski definition) is 4. The van der Waals surface area contributed by atoms with E-state index >= 15 is 0 Å². The number of aromatic nitrogens is 1. The predicted octanol–water partition coefficient (Wildman–Crippen LogP) is 1.31. The molecule has 2 N–H and O–H groups in total. The number of nitrogens with zero attached hydrogens (tertiary/aromatic N) is 1. The zero-order valence-electron chi connectivity index (χ0n) is 14.9. The summed E-state index contributed by atoms with van der Waals surface area (Å²) in [5.41, 5.74) is 2.61. The van der Waals surface area contributed by atoms with Crippen LogP contribution in [0.2, 0.25) is 0 Å². The van der Waals surface area contributed by atoms with Gasteiger partial charge in [-0.1, -0.05) is 19.4 Å². The molecule has 134 valence electrons. The highest BCUT2D eigenvalue weighted by molar-refractivity contribution is 7.22. The minimum atomic E-state index is 0. The average Bonchev–Trinajstić information content (AvgIpc) is 2.89. The van der Waals surface area contributed by atoms with Crippen LogP contribution >= 0.6 is 11.3 Å². The monoisotopic (exact) mass is 378 g/mol. The van der Waals surface area contributed by atoms with Gasteiger partial charge < -0.3 is 17.5 Å². The summed E-state index contributed by atoms with van der Waals surface area (Å²) in [6.45, 7) is 6.62. The third-order valence-corrected chi connectivity index (χ3v) is 5.81. The van der Waals surface area contributed by atoms with Crippen molar-refractivity contribution in [1.82, 2.24) is 0 Å². The molecule has 25 heavy (non-hydrogen) atoms. The Bertz CT molecular complexity index is 950. The summed E-state index contributed by atoms with van der Waals surface area (Å²) in [6, 6.07) is 5.51. The van der Waals surface area contributed by atoms with Crippen molar-refractivity contribution in [1.29, 1.82) is 0 Å². The van der Waals surface area contributed by atoms with E-state index in [0.29, 0.717) is 11.3 Å². The van der Waals surface area contributed by atoms with Gasteiger partial charge in [-0.25, -0.2) is 4.57 Å². The van der Waals surface area contributed by atoms with Crippen LogP contribution in [0.4, 0.5) is 5.13 Å². The molecule has 0 amide bonds. The number of phenolic OH excluding ortho intramolecular Hbond substituents is 1. The standard InChI is InChI=1S/C19H22N2O2S.ClH/c1-5-6-9-20-19-21(4)16-15-10-13(12(3)22)7-8-14(15)17(23)11(2)18(16)24-19;/h7-8,10,23H,5-6,9H2,1-4H3;1H. The SMILES string of the molecule is CCCCNc1sc2c(C)c(O)c3ccc(C(C)=O)cc3c2[n+]1C.[Cl-]. The summed E-state index contributed by atoms with van der Waals surface area (Å²) < 4.78 is 3.19. The second kappa shape index (κ2) is 7.58. The number of aromatic hydroxyl groups is 1. The van der Waals surface area contributed by atoms with Crippen molar-refractivity contribution in [2.45, 2.75) is 33.6 Å². The van der Waals surface area contributed by atoms with Crippen LogP contribution in [0.25, 0.3) is 21.0 Å². The molecule has 3 rings (SSSR count). The molecule has 0 aliphatic carbocycles. The highest BCUT2D eigenvalue weighted by Crippen LogP contribution is 2.40. The number of phenols is 1. The molecule has 0 radical (unpaired) electrons. The molecule has 0 atom stereocenters. The first-order chi connectivity index (χ1) is 11.5. The van der Waals surface area contributed by atoms with Crippen LogP contribution in [0.3, 0.4) is 0 Å². The number of Topliss-reactive ketones (excluding diaryl/α,β-unsaturated/α-hetero) is 1. The maximum Gasteiger partial charge on any atom is 0.334 e. The molecule has 4 nitrogen and oxygen atoms in total. The van der Waals surface area contributed by atoms with Crippen molar-refractivity contribution in [3.63, 3.8) is 0 Å². The molecule has 0 spiro atoms. The Kier molecular flexibility index (Phi) is 5.91. The average molecular weight is 379 g/mol. The largest absolute Gasteiger partial charge is 1.00 e. The Morgan fingerprint density at radius 2 is 2.04 bits per heavy atom. The summed E-state index contributed by atoms with van der Waals surface area (Å²) in [6.07, 6.45) is 2.26. The molecule has 0 fully saturated rings. The number of hydrogen-bond donors (Lipinski definition) is 2. The van der Waals surface area contributed by atoms with Crippen molar-refractivity contribution in [3.8, 4) is 5.75 Å². The number of thiazole rings is 1. The summed E-state index contributed by atoms with van der Waals surface area (Å²) in [5, 5.41) is 16.9. The third-order valence-electron chi connectivity index (χ3n) is 4.49.